The molecule has 100 valence electrons. The van der Waals surface area contributed by atoms with Gasteiger partial charge in [0.1, 0.15) is 5.82 Å². The molecule has 0 aromatic heterocycles. The van der Waals surface area contributed by atoms with Crippen molar-refractivity contribution in [1.29, 1.82) is 0 Å². The average Bonchev–Trinajstić information content (AvgIpc) is 3.12. The van der Waals surface area contributed by atoms with E-state index in [0.717, 1.165) is 24.6 Å². The normalized spacial score (nSPS) is 17.2. The first kappa shape index (κ1) is 13.5. The molecule has 2 heteroatoms. The van der Waals surface area contributed by atoms with Crippen LogP contribution in [0, 0.1) is 24.6 Å². The van der Waals surface area contributed by atoms with Gasteiger partial charge in [-0.05, 0) is 67.8 Å². The number of aryl methyl sites for hydroxylation is 1. The highest BCUT2D eigenvalue weighted by Crippen LogP contribution is 2.23. The van der Waals surface area contributed by atoms with E-state index in [4.69, 9.17) is 0 Å². The predicted molar refractivity (Wildman–Crippen MR) is 74.2 cm³/mol. The molecule has 1 unspecified atom stereocenters. The summed E-state index contributed by atoms with van der Waals surface area (Å²) in [6.07, 6.45) is 3.62. The number of benzene rings is 1. The zero-order valence-electron chi connectivity index (χ0n) is 11.7. The van der Waals surface area contributed by atoms with E-state index >= 15 is 0 Å². The minimum atomic E-state index is -0.117. The minimum Gasteiger partial charge on any atom is -0.314 e. The fraction of sp³-hybridized carbons (Fsp3) is 0.625. The average molecular weight is 249 g/mol. The number of hydrogen-bond acceptors (Lipinski definition) is 1. The molecule has 0 bridgehead atoms. The van der Waals surface area contributed by atoms with Gasteiger partial charge >= 0.3 is 0 Å². The molecule has 0 heterocycles. The third kappa shape index (κ3) is 3.81. The molecule has 1 atom stereocenters. The summed E-state index contributed by atoms with van der Waals surface area (Å²) in [5.41, 5.74) is 2.36. The lowest BCUT2D eigenvalue weighted by atomic mass is 9.87. The van der Waals surface area contributed by atoms with Crippen LogP contribution < -0.4 is 5.32 Å². The molecule has 0 amide bonds. The van der Waals surface area contributed by atoms with Crippen LogP contribution in [-0.4, -0.2) is 12.6 Å². The molecule has 1 aromatic carbocycles. The zero-order chi connectivity index (χ0) is 13.1. The highest BCUT2D eigenvalue weighted by atomic mass is 19.1. The van der Waals surface area contributed by atoms with Crippen molar-refractivity contribution < 1.29 is 4.39 Å². The van der Waals surface area contributed by atoms with Crippen LogP contribution in [0.2, 0.25) is 0 Å². The monoisotopic (exact) mass is 249 g/mol. The van der Waals surface area contributed by atoms with Gasteiger partial charge in [0.15, 0.2) is 0 Å². The molecule has 1 nitrogen and oxygen atoms in total. The lowest BCUT2D eigenvalue weighted by Gasteiger charge is -2.22. The standard InChI is InChI=1S/C16H24FN/c1-11(2)14(10-18-16-6-7-16)8-13-9-15(17)5-4-12(13)3/h4-5,9,11,14,16,18H,6-8,10H2,1-3H3. The van der Waals surface area contributed by atoms with Crippen molar-refractivity contribution in [3.63, 3.8) is 0 Å². The maximum atomic E-state index is 13.3. The summed E-state index contributed by atoms with van der Waals surface area (Å²) in [6.45, 7) is 7.64. The molecular formula is C16H24FN. The maximum Gasteiger partial charge on any atom is 0.123 e. The second kappa shape index (κ2) is 5.83. The molecule has 1 aromatic rings. The maximum absolute atomic E-state index is 13.3. The summed E-state index contributed by atoms with van der Waals surface area (Å²) in [4.78, 5) is 0. The molecule has 18 heavy (non-hydrogen) atoms. The Hall–Kier alpha value is -0.890. The molecule has 0 aliphatic heterocycles. The Morgan fingerprint density at radius 1 is 1.33 bits per heavy atom. The third-order valence-electron chi connectivity index (χ3n) is 3.98. The molecule has 1 saturated carbocycles. The summed E-state index contributed by atoms with van der Waals surface area (Å²) in [5, 5.41) is 3.60. The van der Waals surface area contributed by atoms with Crippen molar-refractivity contribution in [2.75, 3.05) is 6.54 Å². The van der Waals surface area contributed by atoms with Crippen LogP contribution in [0.15, 0.2) is 18.2 Å². The molecule has 0 saturated heterocycles. The Bertz CT molecular complexity index is 396. The van der Waals surface area contributed by atoms with Crippen LogP contribution in [0.25, 0.3) is 0 Å². The van der Waals surface area contributed by atoms with Gasteiger partial charge in [-0.15, -0.1) is 0 Å². The van der Waals surface area contributed by atoms with Crippen molar-refractivity contribution in [3.05, 3.63) is 35.1 Å². The Kier molecular flexibility index (Phi) is 4.39. The van der Waals surface area contributed by atoms with Gasteiger partial charge in [-0.2, -0.15) is 0 Å². The molecule has 0 spiro atoms. The SMILES string of the molecule is Cc1ccc(F)cc1CC(CNC1CC1)C(C)C. The third-order valence-corrected chi connectivity index (χ3v) is 3.98. The van der Waals surface area contributed by atoms with Crippen molar-refractivity contribution in [2.24, 2.45) is 11.8 Å². The first-order valence-corrected chi connectivity index (χ1v) is 7.04. The van der Waals surface area contributed by atoms with E-state index in [1.54, 1.807) is 12.1 Å². The van der Waals surface area contributed by atoms with Crippen molar-refractivity contribution >= 4 is 0 Å². The fourth-order valence-corrected chi connectivity index (χ4v) is 2.29. The largest absolute Gasteiger partial charge is 0.314 e. The highest BCUT2D eigenvalue weighted by Gasteiger charge is 2.23. The summed E-state index contributed by atoms with van der Waals surface area (Å²) in [7, 11) is 0. The quantitative estimate of drug-likeness (QED) is 0.810. The molecule has 0 radical (unpaired) electrons. The van der Waals surface area contributed by atoms with Gasteiger partial charge in [0, 0.05) is 6.04 Å². The van der Waals surface area contributed by atoms with E-state index in [9.17, 15) is 4.39 Å². The van der Waals surface area contributed by atoms with Gasteiger partial charge in [-0.25, -0.2) is 4.39 Å². The van der Waals surface area contributed by atoms with E-state index < -0.39 is 0 Å². The molecule has 1 aliphatic carbocycles. The van der Waals surface area contributed by atoms with Crippen molar-refractivity contribution in [1.82, 2.24) is 5.32 Å². The summed E-state index contributed by atoms with van der Waals surface area (Å²) < 4.78 is 13.3. The molecule has 1 N–H and O–H groups in total. The van der Waals surface area contributed by atoms with Crippen molar-refractivity contribution in [2.45, 2.75) is 46.1 Å². The van der Waals surface area contributed by atoms with E-state index in [1.165, 1.54) is 18.4 Å². The lowest BCUT2D eigenvalue weighted by molar-refractivity contribution is 0.358. The van der Waals surface area contributed by atoms with Crippen LogP contribution in [0.1, 0.15) is 37.8 Å². The topological polar surface area (TPSA) is 12.0 Å². The van der Waals surface area contributed by atoms with E-state index in [2.05, 4.69) is 26.1 Å². The van der Waals surface area contributed by atoms with Gasteiger partial charge in [0.2, 0.25) is 0 Å². The van der Waals surface area contributed by atoms with Gasteiger partial charge in [-0.3, -0.25) is 0 Å². The van der Waals surface area contributed by atoms with E-state index in [-0.39, 0.29) is 5.82 Å². The smallest absolute Gasteiger partial charge is 0.123 e. The molecule has 2 rings (SSSR count). The number of rotatable bonds is 6. The molecular weight excluding hydrogens is 225 g/mol. The Morgan fingerprint density at radius 3 is 2.67 bits per heavy atom. The number of nitrogens with one attached hydrogen (secondary N) is 1. The van der Waals surface area contributed by atoms with Crippen LogP contribution in [0.3, 0.4) is 0 Å². The molecule has 1 fully saturated rings. The van der Waals surface area contributed by atoms with Gasteiger partial charge in [0.25, 0.3) is 0 Å². The first-order chi connectivity index (χ1) is 8.56. The van der Waals surface area contributed by atoms with Gasteiger partial charge in [0.05, 0.1) is 0 Å². The predicted octanol–water partition coefficient (Wildman–Crippen LogP) is 3.70. The summed E-state index contributed by atoms with van der Waals surface area (Å²) >= 11 is 0. The second-order valence-electron chi connectivity index (χ2n) is 5.96. The number of halogens is 1. The fourth-order valence-electron chi connectivity index (χ4n) is 2.29. The van der Waals surface area contributed by atoms with Crippen LogP contribution >= 0.6 is 0 Å². The summed E-state index contributed by atoms with van der Waals surface area (Å²) in [5.74, 6) is 1.10. The lowest BCUT2D eigenvalue weighted by Crippen LogP contribution is -2.29. The Balaban J connectivity index is 1.99. The minimum absolute atomic E-state index is 0.117. The van der Waals surface area contributed by atoms with Gasteiger partial charge in [-0.1, -0.05) is 19.9 Å². The molecule has 1 aliphatic rings. The van der Waals surface area contributed by atoms with E-state index in [0.29, 0.717) is 11.8 Å². The zero-order valence-corrected chi connectivity index (χ0v) is 11.7. The second-order valence-corrected chi connectivity index (χ2v) is 5.96. The van der Waals surface area contributed by atoms with Crippen molar-refractivity contribution in [3.8, 4) is 0 Å². The van der Waals surface area contributed by atoms with Gasteiger partial charge < -0.3 is 5.32 Å². The highest BCUT2D eigenvalue weighted by molar-refractivity contribution is 5.27. The van der Waals surface area contributed by atoms with Crippen LogP contribution in [-0.2, 0) is 6.42 Å². The number of hydrogen-bond donors (Lipinski definition) is 1. The van der Waals surface area contributed by atoms with E-state index in [1.807, 2.05) is 6.07 Å². The van der Waals surface area contributed by atoms with Crippen LogP contribution in [0.4, 0.5) is 4.39 Å². The Morgan fingerprint density at radius 2 is 2.06 bits per heavy atom. The summed E-state index contributed by atoms with van der Waals surface area (Å²) in [6, 6.07) is 5.88. The van der Waals surface area contributed by atoms with Crippen LogP contribution in [0.5, 0.6) is 0 Å². The Labute approximate surface area is 110 Å². The first-order valence-electron chi connectivity index (χ1n) is 7.04.